The highest BCUT2D eigenvalue weighted by atomic mass is 79.9. The highest BCUT2D eigenvalue weighted by Crippen LogP contribution is 2.49. The molecule has 1 fully saturated rings. The first-order chi connectivity index (χ1) is 22.5. The number of Topliss-reactive ketones (excluding diaryl/α,β-unsaturated/α-hetero) is 1. The van der Waals surface area contributed by atoms with Gasteiger partial charge >= 0.3 is 0 Å². The van der Waals surface area contributed by atoms with Crippen molar-refractivity contribution in [1.82, 2.24) is 34.9 Å². The van der Waals surface area contributed by atoms with Crippen LogP contribution in [0.25, 0.3) is 22.0 Å². The molecule has 14 heteroatoms. The third kappa shape index (κ3) is 6.17. The predicted molar refractivity (Wildman–Crippen MR) is 176 cm³/mol. The molecule has 6 rings (SSSR count). The van der Waals surface area contributed by atoms with Crippen LogP contribution in [0.15, 0.2) is 59.5 Å². The van der Waals surface area contributed by atoms with Crippen LogP contribution in [-0.4, -0.2) is 78.9 Å². The molecule has 0 radical (unpaired) electrons. The summed E-state index contributed by atoms with van der Waals surface area (Å²) in [7, 11) is 1.55. The number of carbonyl (C=O) groups excluding carboxylic acids is 4. The summed E-state index contributed by atoms with van der Waals surface area (Å²) in [5.41, 5.74) is 2.46. The van der Waals surface area contributed by atoms with Crippen LogP contribution in [0.4, 0.5) is 5.82 Å². The van der Waals surface area contributed by atoms with Crippen LogP contribution < -0.4 is 10.6 Å². The maximum Gasteiger partial charge on any atom is 0.248 e. The number of fused-ring (bicyclic) bond motifs is 2. The fourth-order valence-electron chi connectivity index (χ4n) is 6.27. The predicted octanol–water partition coefficient (Wildman–Crippen LogP) is 3.61. The average molecular weight is 702 g/mol. The second-order valence-corrected chi connectivity index (χ2v) is 12.7. The Morgan fingerprint density at radius 3 is 2.51 bits per heavy atom. The second kappa shape index (κ2) is 12.8. The maximum absolute atomic E-state index is 14.2. The van der Waals surface area contributed by atoms with Crippen molar-refractivity contribution < 1.29 is 23.9 Å². The van der Waals surface area contributed by atoms with E-state index in [2.05, 4.69) is 46.6 Å². The van der Waals surface area contributed by atoms with Crippen molar-refractivity contribution in [2.45, 2.75) is 52.4 Å². The summed E-state index contributed by atoms with van der Waals surface area (Å²) < 4.78 is 7.32. The van der Waals surface area contributed by atoms with Gasteiger partial charge in [0.2, 0.25) is 17.7 Å². The van der Waals surface area contributed by atoms with E-state index in [-0.39, 0.29) is 43.0 Å². The number of halogens is 1. The number of hydrogen-bond acceptors (Lipinski definition) is 9. The minimum Gasteiger partial charge on any atom is -0.380 e. The molecule has 4 heterocycles. The van der Waals surface area contributed by atoms with Crippen molar-refractivity contribution in [2.24, 2.45) is 5.41 Å². The highest BCUT2D eigenvalue weighted by molar-refractivity contribution is 9.10. The molecule has 1 aliphatic carbocycles. The Labute approximate surface area is 278 Å². The molecule has 2 N–H and O–H groups in total. The number of nitrogens with one attached hydrogen (secondary N) is 2. The molecule has 0 bridgehead atoms. The molecule has 242 valence electrons. The lowest BCUT2D eigenvalue weighted by Gasteiger charge is -2.41. The Balaban J connectivity index is 1.33. The average Bonchev–Trinajstić information content (AvgIpc) is 3.49. The number of carbonyl (C=O) groups is 4. The molecule has 3 aromatic heterocycles. The summed E-state index contributed by atoms with van der Waals surface area (Å²) in [4.78, 5) is 67.3. The van der Waals surface area contributed by atoms with E-state index in [4.69, 9.17) is 4.74 Å². The molecule has 2 aliphatic rings. The molecule has 1 aromatic carbocycles. The number of benzene rings is 1. The van der Waals surface area contributed by atoms with Gasteiger partial charge in [-0.1, -0.05) is 24.3 Å². The van der Waals surface area contributed by atoms with E-state index in [1.807, 2.05) is 30.4 Å². The SMILES string of the molecule is COCc1ccc(Br)nc1NC(=O)[C@@H]1C[C@@]2(CNC(C)=O)C=C[C@H]2N1C(=O)Cn1nc(C(C)=O)c2cc(-c3cnc(C)nc3)ccc21. The summed E-state index contributed by atoms with van der Waals surface area (Å²) in [6.07, 6.45) is 7.54. The molecule has 0 saturated carbocycles. The van der Waals surface area contributed by atoms with Crippen LogP contribution in [0.3, 0.4) is 0 Å². The van der Waals surface area contributed by atoms with Crippen LogP contribution in [0.2, 0.25) is 0 Å². The lowest BCUT2D eigenvalue weighted by molar-refractivity contribution is -0.139. The van der Waals surface area contributed by atoms with Gasteiger partial charge in [-0.05, 0) is 53.0 Å². The van der Waals surface area contributed by atoms with Gasteiger partial charge < -0.3 is 20.3 Å². The molecule has 47 heavy (non-hydrogen) atoms. The molecule has 1 aliphatic heterocycles. The fourth-order valence-corrected chi connectivity index (χ4v) is 6.58. The third-order valence-corrected chi connectivity index (χ3v) is 9.08. The number of ketones is 1. The topological polar surface area (TPSA) is 161 Å². The fraction of sp³-hybridized carbons (Fsp3) is 0.333. The van der Waals surface area contributed by atoms with Crippen LogP contribution in [0.1, 0.15) is 42.1 Å². The number of methoxy groups -OCH3 is 1. The normalized spacial score (nSPS) is 19.7. The van der Waals surface area contributed by atoms with E-state index in [9.17, 15) is 19.2 Å². The first kappa shape index (κ1) is 32.1. The number of nitrogens with zero attached hydrogens (tertiary/aromatic N) is 6. The molecule has 1 saturated heterocycles. The summed E-state index contributed by atoms with van der Waals surface area (Å²) >= 11 is 3.36. The first-order valence-corrected chi connectivity index (χ1v) is 15.8. The van der Waals surface area contributed by atoms with Gasteiger partial charge in [-0.2, -0.15) is 5.10 Å². The summed E-state index contributed by atoms with van der Waals surface area (Å²) in [5.74, 6) is -0.269. The Morgan fingerprint density at radius 1 is 1.09 bits per heavy atom. The monoisotopic (exact) mass is 700 g/mol. The van der Waals surface area contributed by atoms with E-state index in [0.29, 0.717) is 39.1 Å². The lowest BCUT2D eigenvalue weighted by Crippen LogP contribution is -2.53. The van der Waals surface area contributed by atoms with Crippen molar-refractivity contribution in [2.75, 3.05) is 19.0 Å². The van der Waals surface area contributed by atoms with Gasteiger partial charge in [-0.15, -0.1) is 0 Å². The molecule has 4 aromatic rings. The van der Waals surface area contributed by atoms with Gasteiger partial charge in [0.25, 0.3) is 0 Å². The second-order valence-electron chi connectivity index (χ2n) is 11.8. The first-order valence-electron chi connectivity index (χ1n) is 15.0. The Morgan fingerprint density at radius 2 is 1.85 bits per heavy atom. The van der Waals surface area contributed by atoms with Crippen molar-refractivity contribution in [1.29, 1.82) is 0 Å². The van der Waals surface area contributed by atoms with Gasteiger partial charge in [-0.3, -0.25) is 23.9 Å². The van der Waals surface area contributed by atoms with Crippen molar-refractivity contribution in [3.63, 3.8) is 0 Å². The van der Waals surface area contributed by atoms with Crippen molar-refractivity contribution in [3.8, 4) is 11.1 Å². The van der Waals surface area contributed by atoms with E-state index < -0.39 is 23.4 Å². The lowest BCUT2D eigenvalue weighted by atomic mass is 9.71. The number of anilines is 1. The van der Waals surface area contributed by atoms with E-state index >= 15 is 0 Å². The van der Waals surface area contributed by atoms with E-state index in [0.717, 1.165) is 11.1 Å². The van der Waals surface area contributed by atoms with Crippen molar-refractivity contribution >= 4 is 56.2 Å². The minimum atomic E-state index is -0.880. The Bertz CT molecular complexity index is 1940. The quantitative estimate of drug-likeness (QED) is 0.143. The number of ether oxygens (including phenoxy) is 1. The largest absolute Gasteiger partial charge is 0.380 e. The van der Waals surface area contributed by atoms with Crippen LogP contribution in [-0.2, 0) is 32.3 Å². The van der Waals surface area contributed by atoms with Gasteiger partial charge in [0.15, 0.2) is 5.78 Å². The molecule has 3 amide bonds. The van der Waals surface area contributed by atoms with Gasteiger partial charge in [0, 0.05) is 61.8 Å². The summed E-state index contributed by atoms with van der Waals surface area (Å²) in [6.45, 7) is 4.94. The summed E-state index contributed by atoms with van der Waals surface area (Å²) in [5, 5.41) is 10.9. The van der Waals surface area contributed by atoms with Crippen molar-refractivity contribution in [3.05, 3.63) is 76.6 Å². The molecular formula is C33H33BrN8O5. The Hall–Kier alpha value is -4.82. The third-order valence-electron chi connectivity index (χ3n) is 8.63. The summed E-state index contributed by atoms with van der Waals surface area (Å²) in [6, 6.07) is 7.75. The highest BCUT2D eigenvalue weighted by Gasteiger charge is 2.57. The van der Waals surface area contributed by atoms with E-state index in [1.165, 1.54) is 18.5 Å². The standard InChI is InChI=1S/C33H33BrN8O5/c1-18(43)30-24-11-21(23-13-35-19(2)36-14-23)5-7-25(24)41(40-30)15-29(45)42-26(12-33(10-9-27(33)42)17-37-20(3)44)32(46)39-31-22(16-47-4)6-8-28(34)38-31/h5-11,13-14,26-27H,12,15-17H2,1-4H3,(H,37,44)(H,38,39,46)/t26-,27+,33+/m0/s1. The smallest absolute Gasteiger partial charge is 0.248 e. The van der Waals surface area contributed by atoms with E-state index in [1.54, 1.807) is 43.5 Å². The molecule has 0 spiro atoms. The number of hydrogen-bond donors (Lipinski definition) is 2. The number of likely N-dealkylation sites (tertiary alicyclic amines) is 1. The van der Waals surface area contributed by atoms with Crippen LogP contribution >= 0.6 is 15.9 Å². The van der Waals surface area contributed by atoms with Crippen LogP contribution in [0.5, 0.6) is 0 Å². The van der Waals surface area contributed by atoms with Crippen LogP contribution in [0, 0.1) is 12.3 Å². The molecule has 0 unspecified atom stereocenters. The minimum absolute atomic E-state index is 0.205. The number of pyridine rings is 1. The van der Waals surface area contributed by atoms with Gasteiger partial charge in [0.1, 0.15) is 34.5 Å². The van der Waals surface area contributed by atoms with Gasteiger partial charge in [-0.25, -0.2) is 15.0 Å². The maximum atomic E-state index is 14.2. The molecule has 3 atom stereocenters. The number of aromatic nitrogens is 5. The zero-order valence-electron chi connectivity index (χ0n) is 26.3. The Kier molecular flexibility index (Phi) is 8.72. The zero-order valence-corrected chi connectivity index (χ0v) is 27.9. The number of amides is 3. The zero-order chi connectivity index (χ0) is 33.5. The number of aryl methyl sites for hydroxylation is 1. The molecule has 13 nitrogen and oxygen atoms in total. The van der Waals surface area contributed by atoms with Gasteiger partial charge in [0.05, 0.1) is 18.2 Å². The number of rotatable bonds is 10. The molecular weight excluding hydrogens is 668 g/mol.